The molecule has 0 radical (unpaired) electrons. The second-order valence-corrected chi connectivity index (χ2v) is 6.98. The van der Waals surface area contributed by atoms with E-state index in [0.29, 0.717) is 6.61 Å². The summed E-state index contributed by atoms with van der Waals surface area (Å²) >= 11 is 0. The van der Waals surface area contributed by atoms with Gasteiger partial charge in [0.2, 0.25) is 0 Å². The van der Waals surface area contributed by atoms with Gasteiger partial charge in [-0.3, -0.25) is 9.67 Å². The van der Waals surface area contributed by atoms with Crippen LogP contribution in [0.1, 0.15) is 29.8 Å². The molecule has 1 fully saturated rings. The third-order valence-electron chi connectivity index (χ3n) is 5.12. The molecule has 6 heteroatoms. The van der Waals surface area contributed by atoms with Crippen LogP contribution in [-0.4, -0.2) is 31.6 Å². The highest BCUT2D eigenvalue weighted by Gasteiger charge is 2.50. The zero-order chi connectivity index (χ0) is 16.3. The smallest absolute Gasteiger partial charge is 0.182 e. The summed E-state index contributed by atoms with van der Waals surface area (Å²) in [6.45, 7) is 5.50. The predicted molar refractivity (Wildman–Crippen MR) is 89.4 cm³/mol. The number of aromatic nitrogens is 5. The van der Waals surface area contributed by atoms with Crippen molar-refractivity contribution in [3.63, 3.8) is 0 Å². The Kier molecular flexibility index (Phi) is 2.77. The first kappa shape index (κ1) is 13.9. The van der Waals surface area contributed by atoms with Crippen molar-refractivity contribution in [2.24, 2.45) is 0 Å². The average Bonchev–Trinajstić information content (AvgIpc) is 3.01. The molecule has 0 amide bonds. The summed E-state index contributed by atoms with van der Waals surface area (Å²) < 4.78 is 7.94. The Hall–Kier alpha value is -2.47. The van der Waals surface area contributed by atoms with Crippen LogP contribution in [0.2, 0.25) is 0 Å². The molecule has 2 aliphatic rings. The van der Waals surface area contributed by atoms with Crippen LogP contribution in [0, 0.1) is 13.8 Å². The molecule has 1 saturated carbocycles. The number of hydrogen-bond acceptors (Lipinski definition) is 4. The van der Waals surface area contributed by atoms with Gasteiger partial charge < -0.3 is 4.74 Å². The summed E-state index contributed by atoms with van der Waals surface area (Å²) in [7, 11) is 0. The third kappa shape index (κ3) is 1.96. The maximum absolute atomic E-state index is 5.68. The monoisotopic (exact) mass is 321 g/mol. The quantitative estimate of drug-likeness (QED) is 0.788. The number of nitrogens with zero attached hydrogens (tertiary/aromatic N) is 4. The number of benzene rings is 1. The highest BCUT2D eigenvalue weighted by molar-refractivity contribution is 5.68. The zero-order valence-electron chi connectivity index (χ0n) is 13.8. The van der Waals surface area contributed by atoms with Crippen molar-refractivity contribution in [3.05, 3.63) is 41.2 Å². The standard InChI is InChI=1S/C18H19N5O/c1-11-3-4-12(2)13(7-11)14-8-15(20-19-14)17-22-21-16-9-24-10-18(5-6-18)23(16)17/h3-4,7-8H,5-6,9-10H2,1-2H3,(H,19,20). The molecular formula is C18H19N5O. The fourth-order valence-electron chi connectivity index (χ4n) is 3.58. The van der Waals surface area contributed by atoms with Crippen LogP contribution in [0.15, 0.2) is 24.3 Å². The first-order chi connectivity index (χ1) is 11.7. The van der Waals surface area contributed by atoms with Crippen molar-refractivity contribution in [2.45, 2.75) is 38.8 Å². The molecular weight excluding hydrogens is 302 g/mol. The number of ether oxygens (including phenoxy) is 1. The van der Waals surface area contributed by atoms with Gasteiger partial charge in [-0.15, -0.1) is 10.2 Å². The van der Waals surface area contributed by atoms with E-state index in [-0.39, 0.29) is 5.54 Å². The van der Waals surface area contributed by atoms with Gasteiger partial charge in [0.25, 0.3) is 0 Å². The fraction of sp³-hybridized carbons (Fsp3) is 0.389. The number of hydrogen-bond donors (Lipinski definition) is 1. The van der Waals surface area contributed by atoms with Gasteiger partial charge in [-0.05, 0) is 44.4 Å². The van der Waals surface area contributed by atoms with E-state index >= 15 is 0 Å². The average molecular weight is 321 g/mol. The maximum Gasteiger partial charge on any atom is 0.182 e. The van der Waals surface area contributed by atoms with Crippen molar-refractivity contribution < 1.29 is 4.74 Å². The lowest BCUT2D eigenvalue weighted by molar-refractivity contribution is 0.0453. The van der Waals surface area contributed by atoms with Gasteiger partial charge in [0.15, 0.2) is 11.6 Å². The van der Waals surface area contributed by atoms with E-state index in [9.17, 15) is 0 Å². The van der Waals surface area contributed by atoms with Crippen LogP contribution in [-0.2, 0) is 16.9 Å². The van der Waals surface area contributed by atoms with Gasteiger partial charge in [0.1, 0.15) is 12.3 Å². The number of nitrogens with one attached hydrogen (secondary N) is 1. The number of H-pyrrole nitrogens is 1. The minimum Gasteiger partial charge on any atom is -0.371 e. The van der Waals surface area contributed by atoms with E-state index < -0.39 is 0 Å². The van der Waals surface area contributed by atoms with Crippen molar-refractivity contribution >= 4 is 0 Å². The largest absolute Gasteiger partial charge is 0.371 e. The fourth-order valence-corrected chi connectivity index (χ4v) is 3.58. The van der Waals surface area contributed by atoms with Gasteiger partial charge in [-0.25, -0.2) is 0 Å². The van der Waals surface area contributed by atoms with Crippen molar-refractivity contribution in [3.8, 4) is 22.8 Å². The second-order valence-electron chi connectivity index (χ2n) is 6.98. The number of rotatable bonds is 2. The number of aryl methyl sites for hydroxylation is 2. The third-order valence-corrected chi connectivity index (χ3v) is 5.12. The van der Waals surface area contributed by atoms with Gasteiger partial charge in [0.05, 0.1) is 17.8 Å². The summed E-state index contributed by atoms with van der Waals surface area (Å²) in [5, 5.41) is 16.4. The van der Waals surface area contributed by atoms with Gasteiger partial charge in [-0.2, -0.15) is 5.10 Å². The van der Waals surface area contributed by atoms with Crippen LogP contribution in [0.25, 0.3) is 22.8 Å². The van der Waals surface area contributed by atoms with E-state index in [0.717, 1.165) is 48.0 Å². The van der Waals surface area contributed by atoms with Gasteiger partial charge >= 0.3 is 0 Å². The molecule has 1 aromatic carbocycles. The molecule has 1 spiro atoms. The molecule has 0 bridgehead atoms. The molecule has 3 aromatic rings. The van der Waals surface area contributed by atoms with Crippen LogP contribution in [0.3, 0.4) is 0 Å². The zero-order valence-corrected chi connectivity index (χ0v) is 13.8. The Morgan fingerprint density at radius 1 is 1.17 bits per heavy atom. The number of fused-ring (bicyclic) bond motifs is 2. The molecule has 6 nitrogen and oxygen atoms in total. The molecule has 1 aliphatic carbocycles. The Morgan fingerprint density at radius 2 is 2.04 bits per heavy atom. The first-order valence-corrected chi connectivity index (χ1v) is 8.32. The molecule has 122 valence electrons. The molecule has 2 aromatic heterocycles. The first-order valence-electron chi connectivity index (χ1n) is 8.32. The highest BCUT2D eigenvalue weighted by Crippen LogP contribution is 2.48. The minimum absolute atomic E-state index is 0.0664. The van der Waals surface area contributed by atoms with E-state index in [4.69, 9.17) is 4.74 Å². The maximum atomic E-state index is 5.68. The van der Waals surface area contributed by atoms with E-state index in [1.807, 2.05) is 0 Å². The molecule has 24 heavy (non-hydrogen) atoms. The van der Waals surface area contributed by atoms with Crippen LogP contribution in [0.4, 0.5) is 0 Å². The lowest BCUT2D eigenvalue weighted by Gasteiger charge is -2.25. The van der Waals surface area contributed by atoms with Crippen LogP contribution in [0.5, 0.6) is 0 Å². The predicted octanol–water partition coefficient (Wildman–Crippen LogP) is 2.97. The Morgan fingerprint density at radius 3 is 2.88 bits per heavy atom. The van der Waals surface area contributed by atoms with E-state index in [2.05, 4.69) is 63.1 Å². The topological polar surface area (TPSA) is 68.6 Å². The van der Waals surface area contributed by atoms with Crippen molar-refractivity contribution in [1.82, 2.24) is 25.0 Å². The minimum atomic E-state index is 0.0664. The van der Waals surface area contributed by atoms with Crippen molar-refractivity contribution in [1.29, 1.82) is 0 Å². The van der Waals surface area contributed by atoms with Crippen LogP contribution >= 0.6 is 0 Å². The van der Waals surface area contributed by atoms with Gasteiger partial charge in [0, 0.05) is 5.56 Å². The molecule has 0 unspecified atom stereocenters. The Balaban J connectivity index is 1.60. The summed E-state index contributed by atoms with van der Waals surface area (Å²) in [5.74, 6) is 1.78. The Labute approximate surface area is 139 Å². The highest BCUT2D eigenvalue weighted by atomic mass is 16.5. The second kappa shape index (κ2) is 4.77. The SMILES string of the molecule is Cc1ccc(C)c(-c2cc(-c3nnc4n3C3(CC3)COC4)[nH]n2)c1. The van der Waals surface area contributed by atoms with E-state index in [1.54, 1.807) is 0 Å². The lowest BCUT2D eigenvalue weighted by Crippen LogP contribution is -2.31. The molecule has 0 saturated heterocycles. The Bertz CT molecular complexity index is 935. The molecule has 1 N–H and O–H groups in total. The summed E-state index contributed by atoms with van der Waals surface area (Å²) in [6.07, 6.45) is 2.26. The normalized spacial score (nSPS) is 17.9. The summed E-state index contributed by atoms with van der Waals surface area (Å²) in [6, 6.07) is 8.50. The van der Waals surface area contributed by atoms with Crippen LogP contribution < -0.4 is 0 Å². The van der Waals surface area contributed by atoms with Crippen molar-refractivity contribution in [2.75, 3.05) is 6.61 Å². The van der Waals surface area contributed by atoms with Gasteiger partial charge in [-0.1, -0.05) is 17.7 Å². The molecule has 3 heterocycles. The molecule has 1 aliphatic heterocycles. The number of aromatic amines is 1. The van der Waals surface area contributed by atoms with E-state index in [1.165, 1.54) is 11.1 Å². The lowest BCUT2D eigenvalue weighted by atomic mass is 10.0. The molecule has 0 atom stereocenters. The molecule has 5 rings (SSSR count). The summed E-state index contributed by atoms with van der Waals surface area (Å²) in [5.41, 5.74) is 5.53. The summed E-state index contributed by atoms with van der Waals surface area (Å²) in [4.78, 5) is 0.